The average Bonchev–Trinajstić information content (AvgIpc) is 3.18. The summed E-state index contributed by atoms with van der Waals surface area (Å²) in [4.78, 5) is 27.2. The van der Waals surface area contributed by atoms with Crippen molar-refractivity contribution in [3.63, 3.8) is 0 Å². The smallest absolute Gasteiger partial charge is 0.351 e. The minimum absolute atomic E-state index is 0.0256. The van der Waals surface area contributed by atoms with E-state index in [2.05, 4.69) is 5.10 Å². The molecule has 0 aliphatic carbocycles. The molecule has 0 radical (unpaired) electrons. The second-order valence-corrected chi connectivity index (χ2v) is 6.92. The summed E-state index contributed by atoms with van der Waals surface area (Å²) in [5, 5.41) is 4.27. The molecule has 1 saturated heterocycles. The van der Waals surface area contributed by atoms with E-state index in [9.17, 15) is 9.59 Å². The predicted octanol–water partition coefficient (Wildman–Crippen LogP) is 0.707. The van der Waals surface area contributed by atoms with Crippen molar-refractivity contribution >= 4 is 5.91 Å². The predicted molar refractivity (Wildman–Crippen MR) is 95.3 cm³/mol. The molecule has 1 aromatic carbocycles. The molecule has 27 heavy (non-hydrogen) atoms. The van der Waals surface area contributed by atoms with Crippen molar-refractivity contribution in [2.75, 3.05) is 19.9 Å². The van der Waals surface area contributed by atoms with Crippen molar-refractivity contribution in [2.24, 2.45) is 0 Å². The number of aryl methyl sites for hydroxylation is 1. The molecule has 0 bridgehead atoms. The lowest BCUT2D eigenvalue weighted by Gasteiger charge is -2.35. The highest BCUT2D eigenvalue weighted by atomic mass is 16.7. The Balaban J connectivity index is 1.58. The first-order valence-corrected chi connectivity index (χ1v) is 8.92. The van der Waals surface area contributed by atoms with Gasteiger partial charge in [0.2, 0.25) is 12.7 Å². The lowest BCUT2D eigenvalue weighted by Crippen LogP contribution is -2.49. The van der Waals surface area contributed by atoms with E-state index in [-0.39, 0.29) is 37.1 Å². The third-order valence-electron chi connectivity index (χ3n) is 4.67. The first-order valence-electron chi connectivity index (χ1n) is 8.92. The molecule has 3 heterocycles. The van der Waals surface area contributed by atoms with Crippen LogP contribution < -0.4 is 15.2 Å². The van der Waals surface area contributed by atoms with E-state index in [0.29, 0.717) is 36.1 Å². The topological polar surface area (TPSA) is 87.8 Å². The van der Waals surface area contributed by atoms with Crippen LogP contribution in [0, 0.1) is 6.92 Å². The fraction of sp³-hybridized carbons (Fsp3) is 0.500. The van der Waals surface area contributed by atoms with Crippen LogP contribution in [0.2, 0.25) is 0 Å². The van der Waals surface area contributed by atoms with E-state index in [1.165, 1.54) is 9.25 Å². The fourth-order valence-electron chi connectivity index (χ4n) is 3.55. The molecule has 1 amide bonds. The van der Waals surface area contributed by atoms with Gasteiger partial charge in [-0.2, -0.15) is 5.10 Å². The number of hydrogen-bond acceptors (Lipinski definition) is 6. The van der Waals surface area contributed by atoms with Gasteiger partial charge in [-0.25, -0.2) is 14.0 Å². The molecule has 1 fully saturated rings. The first-order chi connectivity index (χ1) is 12.9. The van der Waals surface area contributed by atoms with Gasteiger partial charge in [0.05, 0.1) is 17.9 Å². The number of fused-ring (bicyclic) bond motifs is 1. The molecule has 144 valence electrons. The maximum Gasteiger partial charge on any atom is 0.351 e. The van der Waals surface area contributed by atoms with Gasteiger partial charge in [-0.05, 0) is 32.9 Å². The largest absolute Gasteiger partial charge is 0.454 e. The molecule has 2 aliphatic heterocycles. The minimum Gasteiger partial charge on any atom is -0.454 e. The van der Waals surface area contributed by atoms with Gasteiger partial charge in [-0.15, -0.1) is 0 Å². The zero-order valence-electron chi connectivity index (χ0n) is 15.5. The molecule has 0 saturated carbocycles. The Kier molecular flexibility index (Phi) is 4.39. The number of benzene rings is 1. The van der Waals surface area contributed by atoms with E-state index >= 15 is 0 Å². The first kappa shape index (κ1) is 17.6. The zero-order valence-corrected chi connectivity index (χ0v) is 15.5. The number of carbonyl (C=O) groups is 1. The van der Waals surface area contributed by atoms with E-state index in [4.69, 9.17) is 14.2 Å². The molecule has 2 aromatic rings. The van der Waals surface area contributed by atoms with Gasteiger partial charge in [0, 0.05) is 19.2 Å². The summed E-state index contributed by atoms with van der Waals surface area (Å²) in [5.41, 5.74) is 0.253. The summed E-state index contributed by atoms with van der Waals surface area (Å²) < 4.78 is 19.0. The van der Waals surface area contributed by atoms with E-state index in [1.807, 2.05) is 13.8 Å². The van der Waals surface area contributed by atoms with Crippen LogP contribution in [-0.2, 0) is 16.1 Å². The van der Waals surface area contributed by atoms with Gasteiger partial charge in [-0.3, -0.25) is 4.79 Å². The second-order valence-electron chi connectivity index (χ2n) is 6.92. The molecule has 0 unspecified atom stereocenters. The van der Waals surface area contributed by atoms with Crippen LogP contribution in [0.25, 0.3) is 5.69 Å². The van der Waals surface area contributed by atoms with Crippen LogP contribution in [0.1, 0.15) is 19.7 Å². The molecule has 2 aliphatic rings. The van der Waals surface area contributed by atoms with Gasteiger partial charge in [0.25, 0.3) is 0 Å². The molecule has 1 aromatic heterocycles. The van der Waals surface area contributed by atoms with Crippen LogP contribution in [0.15, 0.2) is 23.0 Å². The zero-order chi connectivity index (χ0) is 19.1. The Bertz CT molecular complexity index is 924. The number of nitrogens with zero attached hydrogens (tertiary/aromatic N) is 4. The van der Waals surface area contributed by atoms with Crippen LogP contribution >= 0.6 is 0 Å². The molecular weight excluding hydrogens is 352 g/mol. The number of rotatable bonds is 3. The number of carbonyl (C=O) groups excluding carboxylic acids is 1. The Morgan fingerprint density at radius 1 is 1.19 bits per heavy atom. The molecule has 9 nitrogen and oxygen atoms in total. The Hall–Kier alpha value is -2.81. The standard InChI is InChI=1S/C18H22N4O5/c1-11-7-20(8-12(2)27-11)17(23)9-21-18(24)22(13(3)19-21)14-4-5-15-16(6-14)26-10-25-15/h4-6,11-12H,7-10H2,1-3H3/t11-,12+. The Morgan fingerprint density at radius 3 is 2.63 bits per heavy atom. The molecule has 0 N–H and O–H groups in total. The summed E-state index contributed by atoms with van der Waals surface area (Å²) in [7, 11) is 0. The lowest BCUT2D eigenvalue weighted by molar-refractivity contribution is -0.144. The summed E-state index contributed by atoms with van der Waals surface area (Å²) >= 11 is 0. The Labute approximate surface area is 156 Å². The van der Waals surface area contributed by atoms with Crippen LogP contribution in [0.5, 0.6) is 11.5 Å². The van der Waals surface area contributed by atoms with Crippen molar-refractivity contribution in [3.8, 4) is 17.2 Å². The molecule has 0 spiro atoms. The third kappa shape index (κ3) is 3.30. The maximum absolute atomic E-state index is 12.8. The SMILES string of the molecule is Cc1nn(CC(=O)N2C[C@@H](C)O[C@@H](C)C2)c(=O)n1-c1ccc2c(c1)OCO2. The van der Waals surface area contributed by atoms with Crippen LogP contribution in [0.4, 0.5) is 0 Å². The van der Waals surface area contributed by atoms with Crippen molar-refractivity contribution in [3.05, 3.63) is 34.5 Å². The average molecular weight is 374 g/mol. The second kappa shape index (κ2) is 6.73. The van der Waals surface area contributed by atoms with Gasteiger partial charge < -0.3 is 19.1 Å². The fourth-order valence-corrected chi connectivity index (χ4v) is 3.55. The number of hydrogen-bond donors (Lipinski definition) is 0. The number of morpholine rings is 1. The monoisotopic (exact) mass is 374 g/mol. The molecule has 4 rings (SSSR count). The van der Waals surface area contributed by atoms with E-state index < -0.39 is 0 Å². The van der Waals surface area contributed by atoms with E-state index in [0.717, 1.165) is 0 Å². The number of ether oxygens (including phenoxy) is 3. The summed E-state index contributed by atoms with van der Waals surface area (Å²) in [6.07, 6.45) is -0.0512. The van der Waals surface area contributed by atoms with Crippen molar-refractivity contribution < 1.29 is 19.0 Å². The van der Waals surface area contributed by atoms with Crippen molar-refractivity contribution in [2.45, 2.75) is 39.5 Å². The number of amides is 1. The summed E-state index contributed by atoms with van der Waals surface area (Å²) in [5.74, 6) is 1.58. The molecule has 9 heteroatoms. The molecular formula is C18H22N4O5. The quantitative estimate of drug-likeness (QED) is 0.786. The minimum atomic E-state index is -0.367. The third-order valence-corrected chi connectivity index (χ3v) is 4.67. The highest BCUT2D eigenvalue weighted by Crippen LogP contribution is 2.33. The van der Waals surface area contributed by atoms with Crippen molar-refractivity contribution in [1.82, 2.24) is 19.2 Å². The Morgan fingerprint density at radius 2 is 1.89 bits per heavy atom. The van der Waals surface area contributed by atoms with Gasteiger partial charge >= 0.3 is 5.69 Å². The van der Waals surface area contributed by atoms with Gasteiger partial charge in [0.15, 0.2) is 11.5 Å². The van der Waals surface area contributed by atoms with Gasteiger partial charge in [0.1, 0.15) is 12.4 Å². The highest BCUT2D eigenvalue weighted by Gasteiger charge is 2.27. The summed E-state index contributed by atoms with van der Waals surface area (Å²) in [6.45, 7) is 6.68. The molecule has 2 atom stereocenters. The lowest BCUT2D eigenvalue weighted by atomic mass is 10.2. The van der Waals surface area contributed by atoms with Crippen LogP contribution in [-0.4, -0.2) is 57.2 Å². The van der Waals surface area contributed by atoms with Crippen LogP contribution in [0.3, 0.4) is 0 Å². The summed E-state index contributed by atoms with van der Waals surface area (Å²) in [6, 6.07) is 5.25. The maximum atomic E-state index is 12.8. The normalized spacial score (nSPS) is 21.5. The van der Waals surface area contributed by atoms with Crippen molar-refractivity contribution in [1.29, 1.82) is 0 Å². The van der Waals surface area contributed by atoms with Gasteiger partial charge in [-0.1, -0.05) is 0 Å². The van der Waals surface area contributed by atoms with E-state index in [1.54, 1.807) is 30.0 Å². The number of aromatic nitrogens is 3. The highest BCUT2D eigenvalue weighted by molar-refractivity contribution is 5.76.